The molecule has 1 aromatic carbocycles. The Labute approximate surface area is 62.2 Å². The van der Waals surface area contributed by atoms with Gasteiger partial charge in [-0.3, -0.25) is 0 Å². The molecule has 0 spiro atoms. The Morgan fingerprint density at radius 2 is 2.10 bits per heavy atom. The van der Waals surface area contributed by atoms with E-state index in [-0.39, 0.29) is 17.6 Å². The molecular formula is C8H8O2. The average Bonchev–Trinajstić information content (AvgIpc) is 2.03. The van der Waals surface area contributed by atoms with Crippen LogP contribution in [0.15, 0.2) is 30.3 Å². The molecule has 1 rings (SSSR count). The average molecular weight is 138 g/mol. The highest BCUT2D eigenvalue weighted by Gasteiger charge is 2.00. The van der Waals surface area contributed by atoms with Crippen LogP contribution in [0.2, 0.25) is 0 Å². The van der Waals surface area contributed by atoms with Gasteiger partial charge in [0.2, 0.25) is 0 Å². The second-order valence-electron chi connectivity index (χ2n) is 1.68. The first-order chi connectivity index (χ1) is 5.66. The van der Waals surface area contributed by atoms with Crippen molar-refractivity contribution >= 4 is 5.97 Å². The fourth-order valence-corrected chi connectivity index (χ4v) is 0.573. The van der Waals surface area contributed by atoms with E-state index in [1.54, 1.807) is 6.07 Å². The zero-order valence-electron chi connectivity index (χ0n) is 7.55. The van der Waals surface area contributed by atoms with Crippen LogP contribution < -0.4 is 0 Å². The molecular weight excluding hydrogens is 128 g/mol. The van der Waals surface area contributed by atoms with Crippen molar-refractivity contribution < 1.29 is 12.3 Å². The van der Waals surface area contributed by atoms with Crippen LogP contribution in [0.25, 0.3) is 0 Å². The zero-order chi connectivity index (χ0) is 9.14. The lowest BCUT2D eigenvalue weighted by Gasteiger charge is -1.95. The van der Waals surface area contributed by atoms with Crippen molar-refractivity contribution in [1.29, 1.82) is 0 Å². The molecule has 0 saturated heterocycles. The number of methoxy groups -OCH3 is 1. The van der Waals surface area contributed by atoms with E-state index in [9.17, 15) is 4.79 Å². The molecule has 2 heteroatoms. The lowest BCUT2D eigenvalue weighted by molar-refractivity contribution is 0.0601. The number of benzene rings is 1. The van der Waals surface area contributed by atoms with Gasteiger partial charge >= 0.3 is 5.97 Å². The molecule has 0 aliphatic carbocycles. The Kier molecular flexibility index (Phi) is 1.35. The molecule has 0 atom stereocenters. The maximum absolute atomic E-state index is 11.0. The van der Waals surface area contributed by atoms with E-state index in [0.717, 1.165) is 0 Å². The van der Waals surface area contributed by atoms with Crippen molar-refractivity contribution in [3.8, 4) is 0 Å². The van der Waals surface area contributed by atoms with Crippen LogP contribution in [-0.2, 0) is 4.74 Å². The van der Waals surface area contributed by atoms with Gasteiger partial charge in [-0.15, -0.1) is 0 Å². The lowest BCUT2D eigenvalue weighted by atomic mass is 10.2. The number of esters is 1. The van der Waals surface area contributed by atoms with Gasteiger partial charge in [-0.25, -0.2) is 4.79 Å². The molecule has 52 valence electrons. The third-order valence-corrected chi connectivity index (χ3v) is 1.04. The number of hydrogen-bond acceptors (Lipinski definition) is 2. The van der Waals surface area contributed by atoms with Gasteiger partial charge in [0.25, 0.3) is 0 Å². The van der Waals surface area contributed by atoms with Crippen LogP contribution in [-0.4, -0.2) is 13.1 Å². The van der Waals surface area contributed by atoms with E-state index >= 15 is 0 Å². The van der Waals surface area contributed by atoms with Gasteiger partial charge in [0.05, 0.1) is 15.4 Å². The summed E-state index contributed by atoms with van der Waals surface area (Å²) >= 11 is 0. The Morgan fingerprint density at radius 1 is 1.50 bits per heavy atom. The molecule has 0 saturated carbocycles. The zero-order valence-corrected chi connectivity index (χ0v) is 5.55. The van der Waals surface area contributed by atoms with Crippen molar-refractivity contribution in [3.05, 3.63) is 35.8 Å². The minimum absolute atomic E-state index is 0.0139. The van der Waals surface area contributed by atoms with Gasteiger partial charge in [0.15, 0.2) is 0 Å². The maximum atomic E-state index is 11.0. The monoisotopic (exact) mass is 138 g/mol. The molecule has 0 aliphatic rings. The minimum Gasteiger partial charge on any atom is -0.465 e. The maximum Gasteiger partial charge on any atom is 0.337 e. The van der Waals surface area contributed by atoms with Gasteiger partial charge in [-0.2, -0.15) is 0 Å². The molecule has 0 radical (unpaired) electrons. The van der Waals surface area contributed by atoms with Crippen LogP contribution in [0.3, 0.4) is 0 Å². The standard InChI is InChI=1S/C8H8O2/c1-10-8(9)7-5-3-2-4-6-7/h2-6H,1H3/i5D,6D. The second-order valence-corrected chi connectivity index (χ2v) is 1.68. The Bertz CT molecular complexity index is 290. The quantitative estimate of drug-likeness (QED) is 0.549. The van der Waals surface area contributed by atoms with Crippen LogP contribution in [0, 0.1) is 0 Å². The van der Waals surface area contributed by atoms with E-state index in [0.29, 0.717) is 0 Å². The molecule has 0 aliphatic heterocycles. The smallest absolute Gasteiger partial charge is 0.337 e. The Morgan fingerprint density at radius 3 is 2.60 bits per heavy atom. The summed E-state index contributed by atoms with van der Waals surface area (Å²) in [4.78, 5) is 11.0. The first-order valence-corrected chi connectivity index (χ1v) is 2.81. The topological polar surface area (TPSA) is 26.3 Å². The van der Waals surface area contributed by atoms with Crippen molar-refractivity contribution in [3.63, 3.8) is 0 Å². The number of rotatable bonds is 1. The number of carbonyl (C=O) groups is 1. The summed E-state index contributed by atoms with van der Waals surface area (Å²) in [6, 6.07) is 4.50. The number of carbonyl (C=O) groups excluding carboxylic acids is 1. The molecule has 10 heavy (non-hydrogen) atoms. The summed E-state index contributed by atoms with van der Waals surface area (Å²) in [6.07, 6.45) is 0. The SMILES string of the molecule is [2H]c1cccc([2H])c1C(=O)OC. The number of ether oxygens (including phenoxy) is 1. The Hall–Kier alpha value is -1.31. The van der Waals surface area contributed by atoms with E-state index in [1.807, 2.05) is 0 Å². The van der Waals surface area contributed by atoms with E-state index in [4.69, 9.17) is 2.74 Å². The first kappa shape index (κ1) is 4.50. The van der Waals surface area contributed by atoms with E-state index in [1.165, 1.54) is 19.2 Å². The predicted octanol–water partition coefficient (Wildman–Crippen LogP) is 1.47. The molecule has 2 nitrogen and oxygen atoms in total. The van der Waals surface area contributed by atoms with Crippen molar-refractivity contribution in [2.75, 3.05) is 7.11 Å². The summed E-state index contributed by atoms with van der Waals surface area (Å²) in [6.45, 7) is 0. The van der Waals surface area contributed by atoms with E-state index in [2.05, 4.69) is 4.74 Å². The molecule has 0 amide bonds. The molecule has 0 heterocycles. The molecule has 0 N–H and O–H groups in total. The molecule has 1 aromatic rings. The summed E-state index contributed by atoms with van der Waals surface area (Å²) in [5.74, 6) is -0.634. The number of hydrogen-bond donors (Lipinski definition) is 0. The fraction of sp³-hybridized carbons (Fsp3) is 0.125. The van der Waals surface area contributed by atoms with Crippen LogP contribution in [0.5, 0.6) is 0 Å². The third-order valence-electron chi connectivity index (χ3n) is 1.04. The molecule has 0 bridgehead atoms. The van der Waals surface area contributed by atoms with Crippen LogP contribution >= 0.6 is 0 Å². The van der Waals surface area contributed by atoms with Gasteiger partial charge in [-0.05, 0) is 12.1 Å². The van der Waals surface area contributed by atoms with Gasteiger partial charge in [-0.1, -0.05) is 18.2 Å². The van der Waals surface area contributed by atoms with Gasteiger partial charge in [0, 0.05) is 0 Å². The normalized spacial score (nSPS) is 11.7. The fourth-order valence-electron chi connectivity index (χ4n) is 0.573. The molecule has 0 aromatic heterocycles. The summed E-state index contributed by atoms with van der Waals surface area (Å²) < 4.78 is 19.1. The summed E-state index contributed by atoms with van der Waals surface area (Å²) in [5.41, 5.74) is 0.0139. The minimum atomic E-state index is -0.634. The third kappa shape index (κ3) is 1.35. The second kappa shape index (κ2) is 3.01. The largest absolute Gasteiger partial charge is 0.465 e. The first-order valence-electron chi connectivity index (χ1n) is 3.81. The highest BCUT2D eigenvalue weighted by Crippen LogP contribution is 1.98. The highest BCUT2D eigenvalue weighted by atomic mass is 16.5. The van der Waals surface area contributed by atoms with Crippen molar-refractivity contribution in [2.24, 2.45) is 0 Å². The van der Waals surface area contributed by atoms with Gasteiger partial charge in [0.1, 0.15) is 0 Å². The van der Waals surface area contributed by atoms with Crippen LogP contribution in [0.1, 0.15) is 13.1 Å². The molecule has 0 unspecified atom stereocenters. The summed E-state index contributed by atoms with van der Waals surface area (Å²) in [5, 5.41) is 0. The predicted molar refractivity (Wildman–Crippen MR) is 37.8 cm³/mol. The summed E-state index contributed by atoms with van der Waals surface area (Å²) in [7, 11) is 1.23. The van der Waals surface area contributed by atoms with Crippen molar-refractivity contribution in [1.82, 2.24) is 0 Å². The highest BCUT2D eigenvalue weighted by molar-refractivity contribution is 5.89. The van der Waals surface area contributed by atoms with Gasteiger partial charge < -0.3 is 4.74 Å². The molecule has 0 fully saturated rings. The van der Waals surface area contributed by atoms with Crippen LogP contribution in [0.4, 0.5) is 0 Å². The van der Waals surface area contributed by atoms with E-state index < -0.39 is 5.97 Å². The lowest BCUT2D eigenvalue weighted by Crippen LogP contribution is -1.99. The van der Waals surface area contributed by atoms with Crippen molar-refractivity contribution in [2.45, 2.75) is 0 Å². The Balaban J connectivity index is 3.21.